The van der Waals surface area contributed by atoms with E-state index in [0.717, 1.165) is 31.6 Å². The number of carbonyl (C=O) groups excluding carboxylic acids is 1. The van der Waals surface area contributed by atoms with Crippen molar-refractivity contribution in [3.63, 3.8) is 0 Å². The standard InChI is InChI=1S/C25H26FN3O5S/c26-20-6-2-1-5-19(20)23-9-10-24(34-23)25(30)27-21-17-18(7-8-22(21)28-11-3-4-12-28)35(31,32)29-13-15-33-16-14-29/h1-2,5-10,17H,3-4,11-16H2,(H,27,30). The zero-order valence-corrected chi connectivity index (χ0v) is 19.9. The molecule has 184 valence electrons. The molecule has 2 aliphatic rings. The number of hydrogen-bond donors (Lipinski definition) is 1. The molecule has 3 aromatic rings. The molecule has 1 aromatic heterocycles. The molecule has 3 heterocycles. The zero-order valence-electron chi connectivity index (χ0n) is 19.1. The average molecular weight is 500 g/mol. The molecule has 0 unspecified atom stereocenters. The maximum atomic E-state index is 14.1. The highest BCUT2D eigenvalue weighted by Gasteiger charge is 2.28. The van der Waals surface area contributed by atoms with Crippen molar-refractivity contribution < 1.29 is 26.8 Å². The van der Waals surface area contributed by atoms with Gasteiger partial charge in [-0.2, -0.15) is 4.31 Å². The first-order chi connectivity index (χ1) is 16.9. The van der Waals surface area contributed by atoms with Gasteiger partial charge in [0.15, 0.2) is 5.76 Å². The van der Waals surface area contributed by atoms with E-state index in [1.165, 1.54) is 28.6 Å². The summed E-state index contributed by atoms with van der Waals surface area (Å²) in [5.41, 5.74) is 1.38. The van der Waals surface area contributed by atoms with Gasteiger partial charge < -0.3 is 19.4 Å². The number of benzene rings is 2. The van der Waals surface area contributed by atoms with Crippen molar-refractivity contribution in [1.82, 2.24) is 4.31 Å². The fourth-order valence-corrected chi connectivity index (χ4v) is 5.83. The lowest BCUT2D eigenvalue weighted by Gasteiger charge is -2.27. The van der Waals surface area contributed by atoms with Crippen LogP contribution in [0.5, 0.6) is 0 Å². The van der Waals surface area contributed by atoms with E-state index in [2.05, 4.69) is 10.2 Å². The van der Waals surface area contributed by atoms with Gasteiger partial charge >= 0.3 is 0 Å². The zero-order chi connectivity index (χ0) is 24.4. The van der Waals surface area contributed by atoms with Gasteiger partial charge in [-0.05, 0) is 55.3 Å². The third-order valence-electron chi connectivity index (χ3n) is 6.24. The number of nitrogens with one attached hydrogen (secondary N) is 1. The van der Waals surface area contributed by atoms with E-state index in [9.17, 15) is 17.6 Å². The summed E-state index contributed by atoms with van der Waals surface area (Å²) in [6.45, 7) is 2.88. The van der Waals surface area contributed by atoms with Crippen molar-refractivity contribution in [1.29, 1.82) is 0 Å². The fraction of sp³-hybridized carbons (Fsp3) is 0.320. The van der Waals surface area contributed by atoms with Crippen LogP contribution in [0.2, 0.25) is 0 Å². The Bertz CT molecular complexity index is 1330. The van der Waals surface area contributed by atoms with Crippen LogP contribution in [0.4, 0.5) is 15.8 Å². The Morgan fingerprint density at radius 1 is 0.943 bits per heavy atom. The molecule has 2 saturated heterocycles. The minimum atomic E-state index is -3.74. The van der Waals surface area contributed by atoms with Gasteiger partial charge in [0.25, 0.3) is 5.91 Å². The van der Waals surface area contributed by atoms with E-state index in [1.807, 2.05) is 0 Å². The summed E-state index contributed by atoms with van der Waals surface area (Å²) in [6, 6.07) is 14.0. The minimum Gasteiger partial charge on any atom is -0.451 e. The van der Waals surface area contributed by atoms with Crippen LogP contribution >= 0.6 is 0 Å². The molecule has 0 radical (unpaired) electrons. The number of anilines is 2. The molecule has 0 saturated carbocycles. The number of morpholine rings is 1. The van der Waals surface area contributed by atoms with Gasteiger partial charge in [-0.3, -0.25) is 4.79 Å². The SMILES string of the molecule is O=C(Nc1cc(S(=O)(=O)N2CCOCC2)ccc1N1CCCC1)c1ccc(-c2ccccc2F)o1. The summed E-state index contributed by atoms with van der Waals surface area (Å²) in [5, 5.41) is 2.82. The number of sulfonamides is 1. The maximum absolute atomic E-state index is 14.1. The Morgan fingerprint density at radius 2 is 1.69 bits per heavy atom. The van der Waals surface area contributed by atoms with Crippen LogP contribution in [0.3, 0.4) is 0 Å². The summed E-state index contributed by atoms with van der Waals surface area (Å²) >= 11 is 0. The Balaban J connectivity index is 1.45. The topological polar surface area (TPSA) is 92.1 Å². The Labute approximate surface area is 203 Å². The van der Waals surface area contributed by atoms with Gasteiger partial charge in [0.2, 0.25) is 10.0 Å². The van der Waals surface area contributed by atoms with Gasteiger partial charge in [-0.1, -0.05) is 12.1 Å². The largest absolute Gasteiger partial charge is 0.451 e. The average Bonchev–Trinajstić information content (AvgIpc) is 3.58. The Hall–Kier alpha value is -3.21. The van der Waals surface area contributed by atoms with Crippen molar-refractivity contribution in [3.8, 4) is 11.3 Å². The normalized spacial score (nSPS) is 17.0. The first-order valence-corrected chi connectivity index (χ1v) is 13.0. The molecule has 2 aliphatic heterocycles. The number of amides is 1. The number of carbonyl (C=O) groups is 1. The lowest BCUT2D eigenvalue weighted by atomic mass is 10.1. The summed E-state index contributed by atoms with van der Waals surface area (Å²) in [5.74, 6) is -0.770. The Morgan fingerprint density at radius 3 is 2.43 bits per heavy atom. The smallest absolute Gasteiger partial charge is 0.291 e. The second-order valence-corrected chi connectivity index (χ2v) is 10.4. The van der Waals surface area contributed by atoms with E-state index in [-0.39, 0.29) is 35.1 Å². The maximum Gasteiger partial charge on any atom is 0.291 e. The molecule has 2 fully saturated rings. The first kappa shape index (κ1) is 23.5. The number of halogens is 1. The van der Waals surface area contributed by atoms with E-state index in [4.69, 9.17) is 9.15 Å². The molecular weight excluding hydrogens is 473 g/mol. The first-order valence-electron chi connectivity index (χ1n) is 11.6. The third kappa shape index (κ3) is 4.82. The minimum absolute atomic E-state index is 0.00272. The molecule has 5 rings (SSSR count). The van der Waals surface area contributed by atoms with Crippen LogP contribution < -0.4 is 10.2 Å². The predicted molar refractivity (Wildman–Crippen MR) is 130 cm³/mol. The molecule has 1 amide bonds. The highest BCUT2D eigenvalue weighted by molar-refractivity contribution is 7.89. The molecule has 0 atom stereocenters. The molecule has 8 nitrogen and oxygen atoms in total. The fourth-order valence-electron chi connectivity index (χ4n) is 4.40. The third-order valence-corrected chi connectivity index (χ3v) is 8.13. The highest BCUT2D eigenvalue weighted by atomic mass is 32.2. The van der Waals surface area contributed by atoms with Gasteiger partial charge in [-0.25, -0.2) is 12.8 Å². The number of rotatable bonds is 6. The van der Waals surface area contributed by atoms with Crippen LogP contribution in [-0.4, -0.2) is 58.0 Å². The van der Waals surface area contributed by atoms with Crippen LogP contribution in [0.15, 0.2) is 63.9 Å². The second-order valence-electron chi connectivity index (χ2n) is 8.49. The van der Waals surface area contributed by atoms with Crippen molar-refractivity contribution in [3.05, 3.63) is 66.2 Å². The molecule has 0 spiro atoms. The van der Waals surface area contributed by atoms with Crippen LogP contribution in [-0.2, 0) is 14.8 Å². The molecule has 2 aromatic carbocycles. The summed E-state index contributed by atoms with van der Waals surface area (Å²) in [6.07, 6.45) is 2.04. The number of ether oxygens (including phenoxy) is 1. The van der Waals surface area contributed by atoms with E-state index >= 15 is 0 Å². The van der Waals surface area contributed by atoms with Gasteiger partial charge in [0.05, 0.1) is 35.0 Å². The Kier molecular flexibility index (Phi) is 6.59. The van der Waals surface area contributed by atoms with Crippen LogP contribution in [0.25, 0.3) is 11.3 Å². The molecule has 1 N–H and O–H groups in total. The molecule has 0 aliphatic carbocycles. The predicted octanol–water partition coefficient (Wildman–Crippen LogP) is 3.96. The van der Waals surface area contributed by atoms with Crippen molar-refractivity contribution in [2.75, 3.05) is 49.6 Å². The van der Waals surface area contributed by atoms with Gasteiger partial charge in [-0.15, -0.1) is 0 Å². The number of furan rings is 1. The molecular formula is C25H26FN3O5S. The van der Waals surface area contributed by atoms with Crippen LogP contribution in [0.1, 0.15) is 23.4 Å². The highest BCUT2D eigenvalue weighted by Crippen LogP contribution is 2.33. The summed E-state index contributed by atoms with van der Waals surface area (Å²) in [4.78, 5) is 15.3. The van der Waals surface area contributed by atoms with Crippen molar-refractivity contribution in [2.45, 2.75) is 17.7 Å². The van der Waals surface area contributed by atoms with Crippen molar-refractivity contribution >= 4 is 27.3 Å². The lowest BCUT2D eigenvalue weighted by Crippen LogP contribution is -2.40. The van der Waals surface area contributed by atoms with E-state index < -0.39 is 21.7 Å². The lowest BCUT2D eigenvalue weighted by molar-refractivity contribution is 0.0730. The quantitative estimate of drug-likeness (QED) is 0.552. The second kappa shape index (κ2) is 9.80. The molecule has 10 heteroatoms. The monoisotopic (exact) mass is 499 g/mol. The number of nitrogens with zero attached hydrogens (tertiary/aromatic N) is 2. The summed E-state index contributed by atoms with van der Waals surface area (Å²) in [7, 11) is -3.74. The molecule has 35 heavy (non-hydrogen) atoms. The van der Waals surface area contributed by atoms with Gasteiger partial charge in [0, 0.05) is 26.2 Å². The molecule has 0 bridgehead atoms. The van der Waals surface area contributed by atoms with Crippen molar-refractivity contribution in [2.24, 2.45) is 0 Å². The number of hydrogen-bond acceptors (Lipinski definition) is 6. The summed E-state index contributed by atoms with van der Waals surface area (Å²) < 4.78 is 52.9. The van der Waals surface area contributed by atoms with E-state index in [0.29, 0.717) is 18.9 Å². The van der Waals surface area contributed by atoms with Gasteiger partial charge in [0.1, 0.15) is 11.6 Å². The van der Waals surface area contributed by atoms with E-state index in [1.54, 1.807) is 30.3 Å². The van der Waals surface area contributed by atoms with Crippen LogP contribution in [0, 0.1) is 5.82 Å².